The minimum absolute atomic E-state index is 0.501. The Morgan fingerprint density at radius 1 is 0.774 bits per heavy atom. The largest absolute Gasteiger partial charge is 0.490 e. The van der Waals surface area contributed by atoms with Crippen LogP contribution in [0.1, 0.15) is 13.3 Å². The van der Waals surface area contributed by atoms with Crippen molar-refractivity contribution in [2.75, 3.05) is 0 Å². The summed E-state index contributed by atoms with van der Waals surface area (Å²) in [4.78, 5) is 6.32. The number of allylic oxidation sites excluding steroid dienone is 2. The van der Waals surface area contributed by atoms with Gasteiger partial charge in [0.1, 0.15) is 5.78 Å². The molecule has 0 saturated carbocycles. The summed E-state index contributed by atoms with van der Waals surface area (Å²) in [6, 6.07) is 0. The molecule has 0 heterocycles. The average Bonchev–Trinajstić information content (AvgIpc) is 2.50. The first-order valence-corrected chi connectivity index (χ1v) is 11.6. The number of rotatable bonds is 5. The number of sulfone groups is 3. The van der Waals surface area contributed by atoms with Gasteiger partial charge in [-0.1, -0.05) is 5.92 Å². The lowest BCUT2D eigenvalue weighted by molar-refractivity contribution is -0.117. The highest BCUT2D eigenvalue weighted by molar-refractivity contribution is 7.98. The van der Waals surface area contributed by atoms with E-state index in [-0.39, 0.29) is 0 Å². The first-order valence-electron chi connectivity index (χ1n) is 7.12. The molecular weight excluding hydrogens is 523 g/mol. The molecule has 7 nitrogen and oxygen atoms in total. The molecule has 0 amide bonds. The summed E-state index contributed by atoms with van der Waals surface area (Å²) in [6.45, 7) is 0.501. The summed E-state index contributed by atoms with van der Waals surface area (Å²) >= 11 is 0. The van der Waals surface area contributed by atoms with E-state index in [0.717, 1.165) is 0 Å². The van der Waals surface area contributed by atoms with E-state index in [4.69, 9.17) is 0 Å². The number of carbonyl (C=O) groups is 1. The van der Waals surface area contributed by atoms with E-state index in [1.165, 1.54) is 0 Å². The second kappa shape index (κ2) is 7.68. The standard InChI is InChI=1S/C12H8F9O7S3/c1-5(22)2-7-8(30(25,26)11(16,17)18)3-6(29(23,24)10(13,14)15)4-9(7)31(27,28)12(19,20)21/h3-4,7H,2H2,1H3/q-1. The Kier molecular flexibility index (Phi) is 6.76. The number of halogens is 9. The molecule has 0 aromatic heterocycles. The number of Topliss-reactive ketones (excluding diaryl/α,β-unsaturated/α-hetero) is 1. The van der Waals surface area contributed by atoms with Gasteiger partial charge in [-0.15, -0.1) is 12.2 Å². The molecule has 0 aliphatic heterocycles. The lowest BCUT2D eigenvalue weighted by atomic mass is 9.97. The first kappa shape index (κ1) is 27.3. The highest BCUT2D eigenvalue weighted by Crippen LogP contribution is 2.48. The van der Waals surface area contributed by atoms with Crippen LogP contribution in [0.25, 0.3) is 0 Å². The van der Waals surface area contributed by atoms with Gasteiger partial charge in [-0.3, -0.25) is 0 Å². The average molecular weight is 531 g/mol. The fourth-order valence-corrected chi connectivity index (χ4v) is 5.56. The summed E-state index contributed by atoms with van der Waals surface area (Å²) in [5, 5.41) is -2.51. The molecule has 0 N–H and O–H groups in total. The Morgan fingerprint density at radius 2 is 1.10 bits per heavy atom. The third kappa shape index (κ3) is 4.86. The Morgan fingerprint density at radius 3 is 1.32 bits per heavy atom. The maximum Gasteiger partial charge on any atom is 0.490 e. The van der Waals surface area contributed by atoms with Gasteiger partial charge in [0.25, 0.3) is 0 Å². The van der Waals surface area contributed by atoms with Crippen LogP contribution in [-0.4, -0.2) is 47.6 Å². The molecule has 1 aliphatic carbocycles. The Labute approximate surface area is 168 Å². The topological polar surface area (TPSA) is 119 Å². The van der Waals surface area contributed by atoms with Crippen molar-refractivity contribution in [1.82, 2.24) is 0 Å². The number of hydrogen-bond donors (Lipinski definition) is 0. The van der Waals surface area contributed by atoms with E-state index in [0.29, 0.717) is 6.92 Å². The van der Waals surface area contributed by atoms with Crippen LogP contribution in [-0.2, 0) is 34.3 Å². The third-order valence-electron chi connectivity index (χ3n) is 3.59. The lowest BCUT2D eigenvalue weighted by Crippen LogP contribution is -2.38. The molecule has 0 spiro atoms. The van der Waals surface area contributed by atoms with Crippen molar-refractivity contribution in [1.29, 1.82) is 0 Å². The quantitative estimate of drug-likeness (QED) is 0.395. The molecule has 1 rings (SSSR count). The normalized spacial score (nSPS) is 17.9. The molecule has 1 aliphatic rings. The molecule has 0 atom stereocenters. The van der Waals surface area contributed by atoms with Gasteiger partial charge in [0.2, 0.25) is 29.5 Å². The predicted molar refractivity (Wildman–Crippen MR) is 83.1 cm³/mol. The second-order valence-electron chi connectivity index (χ2n) is 5.80. The Bertz CT molecular complexity index is 1070. The summed E-state index contributed by atoms with van der Waals surface area (Å²) < 4.78 is 186. The molecule has 0 radical (unpaired) electrons. The van der Waals surface area contributed by atoms with Crippen LogP contribution in [0.2, 0.25) is 0 Å². The van der Waals surface area contributed by atoms with Gasteiger partial charge in [-0.05, 0) is 28.4 Å². The van der Waals surface area contributed by atoms with E-state index in [1.54, 1.807) is 0 Å². The summed E-state index contributed by atoms with van der Waals surface area (Å²) in [5.41, 5.74) is -19.2. The van der Waals surface area contributed by atoms with E-state index in [9.17, 15) is 69.6 Å². The van der Waals surface area contributed by atoms with Crippen molar-refractivity contribution < 1.29 is 69.6 Å². The number of alkyl halides is 9. The molecule has 0 fully saturated rings. The molecule has 31 heavy (non-hydrogen) atoms. The van der Waals surface area contributed by atoms with Gasteiger partial charge in [0.15, 0.2) is 0 Å². The van der Waals surface area contributed by atoms with Gasteiger partial charge in [0.05, 0.1) is 0 Å². The molecule has 0 aromatic rings. The van der Waals surface area contributed by atoms with Crippen molar-refractivity contribution in [2.24, 2.45) is 5.92 Å². The monoisotopic (exact) mass is 531 g/mol. The number of ketones is 1. The molecule has 0 aromatic carbocycles. The zero-order valence-corrected chi connectivity index (χ0v) is 16.9. The van der Waals surface area contributed by atoms with E-state index < -0.39 is 91.4 Å². The van der Waals surface area contributed by atoms with Crippen molar-refractivity contribution in [3.63, 3.8) is 0 Å². The Hall–Kier alpha value is -1.76. The van der Waals surface area contributed by atoms with Crippen molar-refractivity contribution >= 4 is 35.3 Å². The van der Waals surface area contributed by atoms with Crippen molar-refractivity contribution in [2.45, 2.75) is 29.9 Å². The SMILES string of the molecule is CC(=O)CC1C(S(=O)(=O)C(F)(F)F)=C[C-](S(=O)(=O)C(F)(F)F)C=C1S(=O)(=O)C(F)(F)F. The van der Waals surface area contributed by atoms with Crippen LogP contribution in [0.5, 0.6) is 0 Å². The van der Waals surface area contributed by atoms with Gasteiger partial charge < -0.3 is 4.79 Å². The highest BCUT2D eigenvalue weighted by Gasteiger charge is 2.54. The van der Waals surface area contributed by atoms with E-state index in [1.807, 2.05) is 0 Å². The van der Waals surface area contributed by atoms with Gasteiger partial charge >= 0.3 is 16.5 Å². The van der Waals surface area contributed by atoms with Crippen LogP contribution in [0.3, 0.4) is 0 Å². The van der Waals surface area contributed by atoms with Crippen LogP contribution >= 0.6 is 0 Å². The molecule has 0 saturated heterocycles. The zero-order valence-electron chi connectivity index (χ0n) is 14.4. The van der Waals surface area contributed by atoms with E-state index in [2.05, 4.69) is 0 Å². The fourth-order valence-electron chi connectivity index (χ4n) is 2.24. The van der Waals surface area contributed by atoms with Gasteiger partial charge in [-0.25, -0.2) is 25.3 Å². The lowest BCUT2D eigenvalue weighted by Gasteiger charge is -2.36. The maximum absolute atomic E-state index is 13.0. The van der Waals surface area contributed by atoms with Gasteiger partial charge in [0, 0.05) is 0 Å². The number of hydrogen-bond acceptors (Lipinski definition) is 7. The highest BCUT2D eigenvalue weighted by atomic mass is 32.2. The minimum atomic E-state index is -6.89. The van der Waals surface area contributed by atoms with E-state index >= 15 is 0 Å². The van der Waals surface area contributed by atoms with Crippen LogP contribution in [0, 0.1) is 11.2 Å². The molecule has 180 valence electrons. The molecule has 19 heteroatoms. The summed E-state index contributed by atoms with van der Waals surface area (Å²) in [7, 11) is -20.6. The smallest absolute Gasteiger partial charge is 0.300 e. The maximum atomic E-state index is 13.0. The molecule has 0 unspecified atom stereocenters. The third-order valence-corrected chi connectivity index (χ3v) is 8.32. The molecule has 0 bridgehead atoms. The second-order valence-corrected chi connectivity index (χ2v) is 11.6. The van der Waals surface area contributed by atoms with Crippen molar-refractivity contribution in [3.8, 4) is 0 Å². The summed E-state index contributed by atoms with van der Waals surface area (Å²) in [6.07, 6.45) is -3.19. The van der Waals surface area contributed by atoms with Crippen LogP contribution < -0.4 is 0 Å². The van der Waals surface area contributed by atoms with Crippen LogP contribution in [0.15, 0.2) is 22.0 Å². The summed E-state index contributed by atoms with van der Waals surface area (Å²) in [5.74, 6) is -4.46. The van der Waals surface area contributed by atoms with Gasteiger partial charge in [-0.2, -0.15) is 39.5 Å². The fraction of sp³-hybridized carbons (Fsp3) is 0.500. The Balaban J connectivity index is 4.13. The van der Waals surface area contributed by atoms with Crippen molar-refractivity contribution in [3.05, 3.63) is 27.2 Å². The van der Waals surface area contributed by atoms with Crippen LogP contribution in [0.4, 0.5) is 39.5 Å². The first-order chi connectivity index (χ1) is 13.4. The zero-order chi connectivity index (χ0) is 25.0. The predicted octanol–water partition coefficient (Wildman–Crippen LogP) is 2.70. The number of carbonyl (C=O) groups excluding carboxylic acids is 1. The molecular formula is C12H8F9O7S3-. The minimum Gasteiger partial charge on any atom is -0.300 e.